The molecule has 148 valence electrons. The maximum atomic E-state index is 12.5. The molecule has 28 heavy (non-hydrogen) atoms. The molecule has 1 aromatic carbocycles. The number of fused-ring (bicyclic) bond motifs is 3. The largest absolute Gasteiger partial charge is 0.448 e. The molecule has 2 aromatic rings. The molecule has 0 radical (unpaired) electrons. The van der Waals surface area contributed by atoms with Gasteiger partial charge >= 0.3 is 12.0 Å². The van der Waals surface area contributed by atoms with Crippen LogP contribution in [0.4, 0.5) is 4.79 Å². The summed E-state index contributed by atoms with van der Waals surface area (Å²) in [5.41, 5.74) is 3.07. The van der Waals surface area contributed by atoms with E-state index in [4.69, 9.17) is 4.74 Å². The van der Waals surface area contributed by atoms with E-state index in [0.29, 0.717) is 4.88 Å². The third kappa shape index (κ3) is 4.59. The molecule has 0 saturated carbocycles. The monoisotopic (exact) mass is 400 g/mol. The minimum absolute atomic E-state index is 0.459. The van der Waals surface area contributed by atoms with Crippen molar-refractivity contribution in [3.05, 3.63) is 46.3 Å². The number of urea groups is 1. The fourth-order valence-electron chi connectivity index (χ4n) is 3.03. The van der Waals surface area contributed by atoms with Crippen LogP contribution >= 0.6 is 11.3 Å². The molecule has 0 unspecified atom stereocenters. The van der Waals surface area contributed by atoms with E-state index in [-0.39, 0.29) is 0 Å². The topological polar surface area (TPSA) is 84.5 Å². The quantitative estimate of drug-likeness (QED) is 0.770. The van der Waals surface area contributed by atoms with Crippen molar-refractivity contribution in [2.75, 3.05) is 0 Å². The maximum Gasteiger partial charge on any atom is 0.349 e. The number of carbonyl (C=O) groups is 3. The highest BCUT2D eigenvalue weighted by atomic mass is 32.1. The second kappa shape index (κ2) is 7.75. The molecule has 1 aliphatic carbocycles. The predicted molar refractivity (Wildman–Crippen MR) is 108 cm³/mol. The van der Waals surface area contributed by atoms with Crippen molar-refractivity contribution < 1.29 is 19.1 Å². The van der Waals surface area contributed by atoms with Crippen molar-refractivity contribution in [3.8, 4) is 10.4 Å². The summed E-state index contributed by atoms with van der Waals surface area (Å²) in [5.74, 6) is -1.22. The normalized spacial score (nSPS) is 13.7. The Labute approximate surface area is 168 Å². The van der Waals surface area contributed by atoms with E-state index < -0.39 is 29.6 Å². The molecule has 0 spiro atoms. The van der Waals surface area contributed by atoms with Gasteiger partial charge in [0.1, 0.15) is 4.88 Å². The first-order valence-electron chi connectivity index (χ1n) is 9.19. The van der Waals surface area contributed by atoms with Crippen LogP contribution in [0.1, 0.15) is 48.5 Å². The van der Waals surface area contributed by atoms with Crippen LogP contribution in [0, 0.1) is 0 Å². The maximum absolute atomic E-state index is 12.5. The van der Waals surface area contributed by atoms with E-state index in [9.17, 15) is 14.4 Å². The fourth-order valence-corrected chi connectivity index (χ4v) is 4.18. The van der Waals surface area contributed by atoms with Crippen LogP contribution in [0.25, 0.3) is 10.4 Å². The Balaban J connectivity index is 1.65. The smallest absolute Gasteiger partial charge is 0.349 e. The van der Waals surface area contributed by atoms with Crippen LogP contribution in [-0.2, 0) is 22.4 Å². The molecule has 1 heterocycles. The van der Waals surface area contributed by atoms with Gasteiger partial charge in [-0.15, -0.1) is 11.3 Å². The molecule has 3 rings (SSSR count). The molecule has 0 fully saturated rings. The van der Waals surface area contributed by atoms with Gasteiger partial charge in [-0.1, -0.05) is 24.3 Å². The fraction of sp³-hybridized carbons (Fsp3) is 0.381. The summed E-state index contributed by atoms with van der Waals surface area (Å²) in [7, 11) is 0. The van der Waals surface area contributed by atoms with Gasteiger partial charge in [-0.25, -0.2) is 9.59 Å². The lowest BCUT2D eigenvalue weighted by Crippen LogP contribution is -2.50. The molecule has 6 nitrogen and oxygen atoms in total. The first-order chi connectivity index (χ1) is 13.1. The van der Waals surface area contributed by atoms with E-state index >= 15 is 0 Å². The highest BCUT2D eigenvalue weighted by molar-refractivity contribution is 7.17. The van der Waals surface area contributed by atoms with E-state index in [1.807, 2.05) is 18.2 Å². The summed E-state index contributed by atoms with van der Waals surface area (Å²) in [4.78, 5) is 38.0. The van der Waals surface area contributed by atoms with Gasteiger partial charge in [-0.2, -0.15) is 0 Å². The molecule has 0 saturated heterocycles. The van der Waals surface area contributed by atoms with Crippen LogP contribution in [0.5, 0.6) is 0 Å². The number of imide groups is 1. The van der Waals surface area contributed by atoms with Crippen LogP contribution in [0.15, 0.2) is 30.3 Å². The van der Waals surface area contributed by atoms with E-state index in [1.165, 1.54) is 23.8 Å². The van der Waals surface area contributed by atoms with Crippen molar-refractivity contribution in [1.29, 1.82) is 0 Å². The summed E-state index contributed by atoms with van der Waals surface area (Å²) < 4.78 is 5.27. The molecule has 2 N–H and O–H groups in total. The first-order valence-corrected chi connectivity index (χ1v) is 10.0. The molecule has 7 heteroatoms. The number of carbonyl (C=O) groups excluding carboxylic acids is 3. The van der Waals surface area contributed by atoms with Gasteiger partial charge in [0, 0.05) is 10.4 Å². The van der Waals surface area contributed by atoms with E-state index in [2.05, 4.69) is 22.8 Å². The number of hydrogen-bond donors (Lipinski definition) is 2. The number of ether oxygens (including phenoxy) is 1. The molecule has 3 amide bonds. The zero-order chi connectivity index (χ0) is 20.5. The Hall–Kier alpha value is -2.67. The zero-order valence-electron chi connectivity index (χ0n) is 16.4. The Morgan fingerprint density at radius 2 is 1.79 bits per heavy atom. The number of esters is 1. The number of aryl methyl sites for hydroxylation is 2. The summed E-state index contributed by atoms with van der Waals surface area (Å²) in [5, 5.41) is 4.82. The summed E-state index contributed by atoms with van der Waals surface area (Å²) >= 11 is 1.38. The van der Waals surface area contributed by atoms with Crippen molar-refractivity contribution >= 4 is 29.2 Å². The van der Waals surface area contributed by atoms with Crippen LogP contribution in [0.2, 0.25) is 0 Å². The first kappa shape index (κ1) is 20.1. The lowest BCUT2D eigenvalue weighted by molar-refractivity contribution is -0.127. The second-order valence-corrected chi connectivity index (χ2v) is 8.92. The zero-order valence-corrected chi connectivity index (χ0v) is 17.2. The van der Waals surface area contributed by atoms with Gasteiger partial charge in [0.05, 0.1) is 0 Å². The molecule has 1 atom stereocenters. The summed E-state index contributed by atoms with van der Waals surface area (Å²) in [6.07, 6.45) is 0.736. The summed E-state index contributed by atoms with van der Waals surface area (Å²) in [6.45, 7) is 6.85. The lowest BCUT2D eigenvalue weighted by Gasteiger charge is -2.21. The molecular formula is C21H24N2O4S. The number of hydrogen-bond acceptors (Lipinski definition) is 5. The third-order valence-electron chi connectivity index (χ3n) is 4.31. The minimum Gasteiger partial charge on any atom is -0.448 e. The number of thiophene rings is 1. The predicted octanol–water partition coefficient (Wildman–Crippen LogP) is 3.68. The van der Waals surface area contributed by atoms with Crippen molar-refractivity contribution in [3.63, 3.8) is 0 Å². The molecular weight excluding hydrogens is 376 g/mol. The Morgan fingerprint density at radius 1 is 1.11 bits per heavy atom. The van der Waals surface area contributed by atoms with Crippen LogP contribution < -0.4 is 10.6 Å². The Kier molecular flexibility index (Phi) is 5.56. The van der Waals surface area contributed by atoms with Crippen molar-refractivity contribution in [2.45, 2.75) is 52.2 Å². The molecule has 1 aliphatic rings. The molecule has 0 aliphatic heterocycles. The average molecular weight is 401 g/mol. The Morgan fingerprint density at radius 3 is 2.50 bits per heavy atom. The molecule has 1 aromatic heterocycles. The second-order valence-electron chi connectivity index (χ2n) is 7.86. The van der Waals surface area contributed by atoms with Crippen molar-refractivity contribution in [1.82, 2.24) is 10.6 Å². The highest BCUT2D eigenvalue weighted by Gasteiger charge is 2.26. The third-order valence-corrected chi connectivity index (χ3v) is 5.50. The highest BCUT2D eigenvalue weighted by Crippen LogP contribution is 2.39. The van der Waals surface area contributed by atoms with Gasteiger partial charge in [0.2, 0.25) is 0 Å². The standard InChI is InChI=1S/C21H24N2O4S/c1-12(18(24)22-20(26)23-21(2,3)4)27-19(25)16-11-14-10-9-13-7-5-6-8-15(13)17(14)28-16/h5-8,11-12H,9-10H2,1-4H3,(H2,22,23,24,26)/t12-/m0/s1. The SMILES string of the molecule is C[C@H](OC(=O)c1cc2c(s1)-c1ccccc1CC2)C(=O)NC(=O)NC(C)(C)C. The van der Waals surface area contributed by atoms with Gasteiger partial charge in [0.25, 0.3) is 5.91 Å². The number of amides is 3. The number of nitrogens with one attached hydrogen (secondary N) is 2. The van der Waals surface area contributed by atoms with Gasteiger partial charge < -0.3 is 10.1 Å². The number of benzene rings is 1. The lowest BCUT2D eigenvalue weighted by atomic mass is 9.91. The van der Waals surface area contributed by atoms with Gasteiger partial charge in [-0.05, 0) is 63.3 Å². The van der Waals surface area contributed by atoms with Crippen LogP contribution in [0.3, 0.4) is 0 Å². The van der Waals surface area contributed by atoms with E-state index in [1.54, 1.807) is 20.8 Å². The minimum atomic E-state index is -1.08. The van der Waals surface area contributed by atoms with Crippen molar-refractivity contribution in [2.24, 2.45) is 0 Å². The number of rotatable bonds is 3. The van der Waals surface area contributed by atoms with E-state index in [0.717, 1.165) is 28.8 Å². The summed E-state index contributed by atoms with van der Waals surface area (Å²) in [6, 6.07) is 9.38. The molecule has 0 bridgehead atoms. The van der Waals surface area contributed by atoms with Gasteiger partial charge in [-0.3, -0.25) is 10.1 Å². The van der Waals surface area contributed by atoms with Gasteiger partial charge in [0.15, 0.2) is 6.10 Å². The Bertz CT molecular complexity index is 927. The van der Waals surface area contributed by atoms with Crippen LogP contribution in [-0.4, -0.2) is 29.6 Å². The average Bonchev–Trinajstić information content (AvgIpc) is 3.04.